The van der Waals surface area contributed by atoms with Crippen LogP contribution >= 0.6 is 28.3 Å². The van der Waals surface area contributed by atoms with Gasteiger partial charge in [0.2, 0.25) is 0 Å². The first-order valence-corrected chi connectivity index (χ1v) is 8.34. The summed E-state index contributed by atoms with van der Waals surface area (Å²) >= 11 is 3.25. The minimum absolute atomic E-state index is 0. The maximum absolute atomic E-state index is 12.7. The number of hydrogen-bond acceptors (Lipinski definition) is 3. The number of carbonyl (C=O) groups excluding carboxylic acids is 1. The zero-order valence-corrected chi connectivity index (χ0v) is 15.3. The van der Waals surface area contributed by atoms with Crippen molar-refractivity contribution in [3.63, 3.8) is 0 Å². The zero-order valence-electron chi connectivity index (χ0n) is 12.9. The fourth-order valence-electron chi connectivity index (χ4n) is 2.79. The molecule has 1 N–H and O–H groups in total. The molecule has 0 bridgehead atoms. The molecule has 1 aliphatic heterocycles. The molecule has 1 saturated heterocycles. The number of halogens is 2. The lowest BCUT2D eigenvalue weighted by Gasteiger charge is -2.36. The van der Waals surface area contributed by atoms with Gasteiger partial charge in [0.25, 0.3) is 5.91 Å². The molecule has 1 aromatic heterocycles. The van der Waals surface area contributed by atoms with Crippen LogP contribution in [-0.2, 0) is 6.42 Å². The SMILES string of the molecule is CCc1ccc(C2CNCCN2C(=O)c2ccc(Br)o2)cc1.Cl. The summed E-state index contributed by atoms with van der Waals surface area (Å²) in [5, 5.41) is 3.37. The third-order valence-electron chi connectivity index (χ3n) is 4.06. The second-order valence-electron chi connectivity index (χ2n) is 5.42. The molecular weight excluding hydrogens is 380 g/mol. The van der Waals surface area contributed by atoms with E-state index < -0.39 is 0 Å². The van der Waals surface area contributed by atoms with Gasteiger partial charge in [-0.3, -0.25) is 4.79 Å². The predicted molar refractivity (Wildman–Crippen MR) is 96.1 cm³/mol. The highest BCUT2D eigenvalue weighted by atomic mass is 79.9. The number of furan rings is 1. The van der Waals surface area contributed by atoms with Gasteiger partial charge >= 0.3 is 0 Å². The molecule has 0 saturated carbocycles. The highest BCUT2D eigenvalue weighted by Gasteiger charge is 2.30. The second kappa shape index (κ2) is 7.99. The monoisotopic (exact) mass is 398 g/mol. The number of aryl methyl sites for hydroxylation is 1. The van der Waals surface area contributed by atoms with Crippen molar-refractivity contribution >= 4 is 34.2 Å². The van der Waals surface area contributed by atoms with Crippen LogP contribution in [0.25, 0.3) is 0 Å². The fourth-order valence-corrected chi connectivity index (χ4v) is 3.10. The van der Waals surface area contributed by atoms with E-state index >= 15 is 0 Å². The molecule has 1 amide bonds. The molecule has 1 atom stereocenters. The Morgan fingerprint density at radius 3 is 2.65 bits per heavy atom. The first-order valence-electron chi connectivity index (χ1n) is 7.55. The molecule has 1 aromatic carbocycles. The summed E-state index contributed by atoms with van der Waals surface area (Å²) in [5.41, 5.74) is 2.46. The summed E-state index contributed by atoms with van der Waals surface area (Å²) < 4.78 is 6.00. The molecule has 0 spiro atoms. The van der Waals surface area contributed by atoms with Gasteiger partial charge in [0.15, 0.2) is 10.4 Å². The van der Waals surface area contributed by atoms with Crippen molar-refractivity contribution in [2.24, 2.45) is 0 Å². The second-order valence-corrected chi connectivity index (χ2v) is 6.20. The Hall–Kier alpha value is -1.30. The Balaban J connectivity index is 0.00000192. The smallest absolute Gasteiger partial charge is 0.290 e. The van der Waals surface area contributed by atoms with E-state index in [1.165, 1.54) is 5.56 Å². The number of benzene rings is 1. The van der Waals surface area contributed by atoms with Crippen molar-refractivity contribution in [2.45, 2.75) is 19.4 Å². The Morgan fingerprint density at radius 2 is 2.04 bits per heavy atom. The van der Waals surface area contributed by atoms with Crippen molar-refractivity contribution in [3.8, 4) is 0 Å². The zero-order chi connectivity index (χ0) is 15.5. The van der Waals surface area contributed by atoms with Gasteiger partial charge in [-0.05, 0) is 45.6 Å². The minimum atomic E-state index is -0.0585. The molecule has 1 fully saturated rings. The van der Waals surface area contributed by atoms with Crippen LogP contribution in [0.1, 0.15) is 34.6 Å². The molecule has 124 valence electrons. The number of amides is 1. The Labute approximate surface area is 150 Å². The van der Waals surface area contributed by atoms with Gasteiger partial charge in [-0.1, -0.05) is 31.2 Å². The highest BCUT2D eigenvalue weighted by Crippen LogP contribution is 2.26. The molecule has 2 aromatic rings. The van der Waals surface area contributed by atoms with Crippen molar-refractivity contribution in [1.82, 2.24) is 10.2 Å². The Morgan fingerprint density at radius 1 is 1.30 bits per heavy atom. The molecule has 3 rings (SSSR count). The average Bonchev–Trinajstić information content (AvgIpc) is 3.01. The number of nitrogens with zero attached hydrogens (tertiary/aromatic N) is 1. The van der Waals surface area contributed by atoms with Crippen LogP contribution in [0.5, 0.6) is 0 Å². The normalized spacial score (nSPS) is 17.7. The summed E-state index contributed by atoms with van der Waals surface area (Å²) in [6.07, 6.45) is 1.02. The third kappa shape index (κ3) is 3.97. The molecule has 6 heteroatoms. The van der Waals surface area contributed by atoms with Crippen molar-refractivity contribution in [3.05, 3.63) is 58.0 Å². The molecule has 1 aliphatic rings. The van der Waals surface area contributed by atoms with Gasteiger partial charge in [-0.15, -0.1) is 12.4 Å². The lowest BCUT2D eigenvalue weighted by Crippen LogP contribution is -2.48. The molecule has 2 heterocycles. The number of carbonyl (C=O) groups is 1. The maximum atomic E-state index is 12.7. The molecule has 1 unspecified atom stereocenters. The van der Waals surface area contributed by atoms with Crippen molar-refractivity contribution in [2.75, 3.05) is 19.6 Å². The van der Waals surface area contributed by atoms with Crippen LogP contribution < -0.4 is 5.32 Å². The lowest BCUT2D eigenvalue weighted by molar-refractivity contribution is 0.0600. The fraction of sp³-hybridized carbons (Fsp3) is 0.353. The van der Waals surface area contributed by atoms with E-state index in [9.17, 15) is 4.79 Å². The Kier molecular flexibility index (Phi) is 6.27. The highest BCUT2D eigenvalue weighted by molar-refractivity contribution is 9.10. The summed E-state index contributed by atoms with van der Waals surface area (Å²) in [4.78, 5) is 14.6. The largest absolute Gasteiger partial charge is 0.444 e. The molecule has 23 heavy (non-hydrogen) atoms. The summed E-state index contributed by atoms with van der Waals surface area (Å²) in [5.74, 6) is 0.320. The van der Waals surface area contributed by atoms with Gasteiger partial charge in [-0.25, -0.2) is 0 Å². The molecule has 0 aliphatic carbocycles. The summed E-state index contributed by atoms with van der Waals surface area (Å²) in [7, 11) is 0. The van der Waals surface area contributed by atoms with Crippen LogP contribution in [0.3, 0.4) is 0 Å². The first kappa shape index (κ1) is 18.0. The summed E-state index contributed by atoms with van der Waals surface area (Å²) in [6, 6.07) is 12.0. The predicted octanol–water partition coefficient (Wildman–Crippen LogP) is 3.81. The van der Waals surface area contributed by atoms with Crippen molar-refractivity contribution in [1.29, 1.82) is 0 Å². The van der Waals surface area contributed by atoms with Gasteiger partial charge in [-0.2, -0.15) is 0 Å². The van der Waals surface area contributed by atoms with Gasteiger partial charge in [0.05, 0.1) is 6.04 Å². The van der Waals surface area contributed by atoms with Crippen LogP contribution in [0.2, 0.25) is 0 Å². The maximum Gasteiger partial charge on any atom is 0.290 e. The number of nitrogens with one attached hydrogen (secondary N) is 1. The van der Waals surface area contributed by atoms with E-state index in [1.54, 1.807) is 12.1 Å². The van der Waals surface area contributed by atoms with Crippen LogP contribution in [0.4, 0.5) is 0 Å². The van der Waals surface area contributed by atoms with Gasteiger partial charge < -0.3 is 14.6 Å². The van der Waals surface area contributed by atoms with Crippen LogP contribution in [0, 0.1) is 0 Å². The van der Waals surface area contributed by atoms with Crippen molar-refractivity contribution < 1.29 is 9.21 Å². The number of piperazine rings is 1. The quantitative estimate of drug-likeness (QED) is 0.853. The van der Waals surface area contributed by atoms with E-state index in [-0.39, 0.29) is 24.4 Å². The Bertz CT molecular complexity index is 657. The van der Waals surface area contributed by atoms with E-state index in [0.717, 1.165) is 25.1 Å². The number of hydrogen-bond donors (Lipinski definition) is 1. The minimum Gasteiger partial charge on any atom is -0.444 e. The molecular formula is C17H20BrClN2O2. The van der Waals surface area contributed by atoms with Gasteiger partial charge in [0, 0.05) is 19.6 Å². The lowest BCUT2D eigenvalue weighted by atomic mass is 10.0. The van der Waals surface area contributed by atoms with Gasteiger partial charge in [0.1, 0.15) is 0 Å². The van der Waals surface area contributed by atoms with E-state index in [4.69, 9.17) is 4.42 Å². The standard InChI is InChI=1S/C17H19BrN2O2.ClH/c1-2-12-3-5-13(6-4-12)14-11-19-9-10-20(14)17(21)15-7-8-16(18)22-15;/h3-8,14,19H,2,9-11H2,1H3;1H. The first-order chi connectivity index (χ1) is 10.7. The topological polar surface area (TPSA) is 45.5 Å². The average molecular weight is 400 g/mol. The third-order valence-corrected chi connectivity index (χ3v) is 4.49. The molecule has 4 nitrogen and oxygen atoms in total. The summed E-state index contributed by atoms with van der Waals surface area (Å²) in [6.45, 7) is 4.38. The van der Waals surface area contributed by atoms with E-state index in [2.05, 4.69) is 52.4 Å². The van der Waals surface area contributed by atoms with E-state index in [1.807, 2.05) is 4.90 Å². The van der Waals surface area contributed by atoms with Crippen LogP contribution in [0.15, 0.2) is 45.5 Å². The van der Waals surface area contributed by atoms with E-state index in [0.29, 0.717) is 17.0 Å². The molecule has 0 radical (unpaired) electrons. The van der Waals surface area contributed by atoms with Crippen LogP contribution in [-0.4, -0.2) is 30.4 Å². The number of rotatable bonds is 3.